The number of methoxy groups -OCH3 is 1. The van der Waals surface area contributed by atoms with Crippen molar-refractivity contribution in [3.8, 4) is 0 Å². The first-order chi connectivity index (χ1) is 8.77. The summed E-state index contributed by atoms with van der Waals surface area (Å²) in [5, 5.41) is 3.46. The molecule has 18 heavy (non-hydrogen) atoms. The number of likely N-dealkylation sites (N-methyl/N-ethyl adjacent to an activating group) is 1. The molecule has 0 aliphatic carbocycles. The van der Waals surface area contributed by atoms with Crippen molar-refractivity contribution in [2.24, 2.45) is 0 Å². The van der Waals surface area contributed by atoms with E-state index in [9.17, 15) is 0 Å². The smallest absolute Gasteiger partial charge is 0.117 e. The third-order valence-electron chi connectivity index (χ3n) is 3.11. The van der Waals surface area contributed by atoms with E-state index in [1.54, 1.807) is 13.4 Å². The normalized spacial score (nSPS) is 13.1. The van der Waals surface area contributed by atoms with Gasteiger partial charge in [-0.25, -0.2) is 0 Å². The van der Waals surface area contributed by atoms with E-state index in [0.29, 0.717) is 6.04 Å². The first-order valence-corrected chi connectivity index (χ1v) is 6.74. The summed E-state index contributed by atoms with van der Waals surface area (Å²) < 4.78 is 10.4. The third-order valence-corrected chi connectivity index (χ3v) is 3.11. The van der Waals surface area contributed by atoms with E-state index in [1.807, 2.05) is 12.1 Å². The second kappa shape index (κ2) is 9.14. The minimum Gasteiger partial charge on any atom is -0.468 e. The molecule has 0 saturated heterocycles. The Morgan fingerprint density at radius 1 is 1.50 bits per heavy atom. The zero-order chi connectivity index (χ0) is 13.2. The van der Waals surface area contributed by atoms with Crippen LogP contribution in [0.5, 0.6) is 0 Å². The fourth-order valence-corrected chi connectivity index (χ4v) is 1.96. The van der Waals surface area contributed by atoms with Crippen LogP contribution in [0.1, 0.15) is 26.0 Å². The van der Waals surface area contributed by atoms with Gasteiger partial charge in [0.15, 0.2) is 0 Å². The topological polar surface area (TPSA) is 37.6 Å². The third kappa shape index (κ3) is 5.67. The highest BCUT2D eigenvalue weighted by Crippen LogP contribution is 2.08. The van der Waals surface area contributed by atoms with Crippen molar-refractivity contribution in [3.05, 3.63) is 24.2 Å². The molecule has 0 amide bonds. The van der Waals surface area contributed by atoms with Crippen LogP contribution in [0.2, 0.25) is 0 Å². The van der Waals surface area contributed by atoms with Crippen LogP contribution in [0.3, 0.4) is 0 Å². The molecule has 104 valence electrons. The van der Waals surface area contributed by atoms with Crippen molar-refractivity contribution < 1.29 is 9.15 Å². The van der Waals surface area contributed by atoms with Gasteiger partial charge >= 0.3 is 0 Å². The van der Waals surface area contributed by atoms with Gasteiger partial charge in [-0.2, -0.15) is 0 Å². The van der Waals surface area contributed by atoms with Crippen LogP contribution in [0.4, 0.5) is 0 Å². The van der Waals surface area contributed by atoms with E-state index in [0.717, 1.165) is 45.0 Å². The molecule has 0 aromatic carbocycles. The van der Waals surface area contributed by atoms with Gasteiger partial charge in [0.1, 0.15) is 5.76 Å². The maximum absolute atomic E-state index is 5.39. The summed E-state index contributed by atoms with van der Waals surface area (Å²) in [6, 6.07) is 4.47. The number of hydrogen-bond acceptors (Lipinski definition) is 4. The largest absolute Gasteiger partial charge is 0.468 e. The second-order valence-corrected chi connectivity index (χ2v) is 4.54. The molecule has 1 heterocycles. The van der Waals surface area contributed by atoms with Crippen molar-refractivity contribution in [3.63, 3.8) is 0 Å². The Morgan fingerprint density at radius 2 is 2.33 bits per heavy atom. The Bertz CT molecular complexity index is 288. The Morgan fingerprint density at radius 3 is 2.94 bits per heavy atom. The number of nitrogens with zero attached hydrogens (tertiary/aromatic N) is 1. The van der Waals surface area contributed by atoms with E-state index in [4.69, 9.17) is 9.15 Å². The van der Waals surface area contributed by atoms with Gasteiger partial charge in [-0.15, -0.1) is 0 Å². The van der Waals surface area contributed by atoms with E-state index in [-0.39, 0.29) is 0 Å². The minimum absolute atomic E-state index is 0.502. The molecule has 4 heteroatoms. The Kier molecular flexibility index (Phi) is 7.73. The number of rotatable bonds is 10. The molecule has 0 spiro atoms. The van der Waals surface area contributed by atoms with Gasteiger partial charge in [0.2, 0.25) is 0 Å². The molecule has 1 aromatic heterocycles. The summed E-state index contributed by atoms with van der Waals surface area (Å²) in [7, 11) is 1.74. The van der Waals surface area contributed by atoms with Gasteiger partial charge in [-0.1, -0.05) is 6.92 Å². The lowest BCUT2D eigenvalue weighted by molar-refractivity contribution is 0.181. The molecule has 1 atom stereocenters. The molecule has 0 aliphatic rings. The summed E-state index contributed by atoms with van der Waals surface area (Å²) in [4.78, 5) is 2.40. The molecular weight excluding hydrogens is 228 g/mol. The molecule has 1 aromatic rings. The standard InChI is InChI=1S/C14H26N2O2/c1-4-16(12-14-7-5-10-18-14)13(2)11-15-8-6-9-17-3/h5,7,10,13,15H,4,6,8-9,11-12H2,1-3H3. The van der Waals surface area contributed by atoms with Crippen LogP contribution in [0, 0.1) is 0 Å². The second-order valence-electron chi connectivity index (χ2n) is 4.54. The predicted octanol–water partition coefficient (Wildman–Crippen LogP) is 2.12. The van der Waals surface area contributed by atoms with E-state index < -0.39 is 0 Å². The van der Waals surface area contributed by atoms with Crippen molar-refractivity contribution in [2.75, 3.05) is 33.4 Å². The van der Waals surface area contributed by atoms with Crippen LogP contribution < -0.4 is 5.32 Å². The van der Waals surface area contributed by atoms with Gasteiger partial charge in [-0.3, -0.25) is 4.90 Å². The quantitative estimate of drug-likeness (QED) is 0.649. The van der Waals surface area contributed by atoms with Gasteiger partial charge in [0, 0.05) is 26.3 Å². The summed E-state index contributed by atoms with van der Waals surface area (Å²) in [5.74, 6) is 1.03. The Balaban J connectivity index is 2.22. The van der Waals surface area contributed by atoms with E-state index in [1.165, 1.54) is 0 Å². The van der Waals surface area contributed by atoms with Crippen LogP contribution in [-0.2, 0) is 11.3 Å². The number of ether oxygens (including phenoxy) is 1. The highest BCUT2D eigenvalue weighted by Gasteiger charge is 2.13. The molecule has 1 unspecified atom stereocenters. The molecule has 0 bridgehead atoms. The Hall–Kier alpha value is -0.840. The lowest BCUT2D eigenvalue weighted by Gasteiger charge is -2.27. The average Bonchev–Trinajstić information content (AvgIpc) is 2.88. The van der Waals surface area contributed by atoms with Crippen LogP contribution in [0.15, 0.2) is 22.8 Å². The van der Waals surface area contributed by atoms with Crippen LogP contribution >= 0.6 is 0 Å². The SMILES string of the molecule is CCN(Cc1ccco1)C(C)CNCCCOC. The molecular formula is C14H26N2O2. The van der Waals surface area contributed by atoms with Gasteiger partial charge in [0.25, 0.3) is 0 Å². The number of hydrogen-bond donors (Lipinski definition) is 1. The molecule has 1 rings (SSSR count). The van der Waals surface area contributed by atoms with E-state index in [2.05, 4.69) is 24.1 Å². The molecule has 0 aliphatic heterocycles. The lowest BCUT2D eigenvalue weighted by atomic mass is 10.2. The monoisotopic (exact) mass is 254 g/mol. The summed E-state index contributed by atoms with van der Waals surface area (Å²) in [5.41, 5.74) is 0. The van der Waals surface area contributed by atoms with Gasteiger partial charge in [0.05, 0.1) is 12.8 Å². The van der Waals surface area contributed by atoms with Crippen molar-refractivity contribution in [1.82, 2.24) is 10.2 Å². The average molecular weight is 254 g/mol. The summed E-state index contributed by atoms with van der Waals surface area (Å²) in [6.07, 6.45) is 2.80. The lowest BCUT2D eigenvalue weighted by Crippen LogP contribution is -2.40. The molecule has 0 fully saturated rings. The first-order valence-electron chi connectivity index (χ1n) is 6.74. The van der Waals surface area contributed by atoms with Gasteiger partial charge in [-0.05, 0) is 38.6 Å². The fraction of sp³-hybridized carbons (Fsp3) is 0.714. The molecule has 4 nitrogen and oxygen atoms in total. The van der Waals surface area contributed by atoms with Crippen molar-refractivity contribution >= 4 is 0 Å². The predicted molar refractivity (Wildman–Crippen MR) is 73.6 cm³/mol. The van der Waals surface area contributed by atoms with Crippen LogP contribution in [-0.4, -0.2) is 44.3 Å². The van der Waals surface area contributed by atoms with Crippen molar-refractivity contribution in [1.29, 1.82) is 0 Å². The van der Waals surface area contributed by atoms with Gasteiger partial charge < -0.3 is 14.5 Å². The summed E-state index contributed by atoms with van der Waals surface area (Å²) in [6.45, 7) is 9.17. The fourth-order valence-electron chi connectivity index (χ4n) is 1.96. The zero-order valence-corrected chi connectivity index (χ0v) is 11.8. The highest BCUT2D eigenvalue weighted by atomic mass is 16.5. The molecule has 0 radical (unpaired) electrons. The van der Waals surface area contributed by atoms with Crippen LogP contribution in [0.25, 0.3) is 0 Å². The minimum atomic E-state index is 0.502. The number of furan rings is 1. The molecule has 1 N–H and O–H groups in total. The molecule has 0 saturated carbocycles. The summed E-state index contributed by atoms with van der Waals surface area (Å²) >= 11 is 0. The Labute approximate surface area is 110 Å². The van der Waals surface area contributed by atoms with E-state index >= 15 is 0 Å². The first kappa shape index (κ1) is 15.2. The maximum Gasteiger partial charge on any atom is 0.117 e. The van der Waals surface area contributed by atoms with Crippen molar-refractivity contribution in [2.45, 2.75) is 32.9 Å². The maximum atomic E-state index is 5.39. The number of nitrogens with one attached hydrogen (secondary N) is 1. The highest BCUT2D eigenvalue weighted by molar-refractivity contribution is 4.98. The zero-order valence-electron chi connectivity index (χ0n) is 11.8.